The number of amides is 1. The largest absolute Gasteiger partial charge is 0.352 e. The molecule has 0 atom stereocenters. The number of aryl methyl sites for hydroxylation is 1. The van der Waals surface area contributed by atoms with Gasteiger partial charge in [0, 0.05) is 28.4 Å². The molecule has 2 aromatic heterocycles. The summed E-state index contributed by atoms with van der Waals surface area (Å²) in [6.07, 6.45) is 0.380. The van der Waals surface area contributed by atoms with E-state index in [0.29, 0.717) is 33.1 Å². The highest BCUT2D eigenvalue weighted by molar-refractivity contribution is 7.16. The van der Waals surface area contributed by atoms with Crippen molar-refractivity contribution in [1.29, 1.82) is 0 Å². The zero-order valence-electron chi connectivity index (χ0n) is 15.6. The Balaban J connectivity index is 1.60. The third-order valence-electron chi connectivity index (χ3n) is 4.76. The summed E-state index contributed by atoms with van der Waals surface area (Å²) in [7, 11) is 0. The second-order valence-corrected chi connectivity index (χ2v) is 8.58. The fourth-order valence-corrected chi connectivity index (χ4v) is 4.38. The number of halogens is 4. The van der Waals surface area contributed by atoms with Crippen molar-refractivity contribution in [1.82, 2.24) is 10.3 Å². The van der Waals surface area contributed by atoms with E-state index in [-0.39, 0.29) is 24.3 Å². The number of aromatic nitrogens is 1. The van der Waals surface area contributed by atoms with Crippen LogP contribution in [0.15, 0.2) is 48.5 Å². The van der Waals surface area contributed by atoms with E-state index in [2.05, 4.69) is 10.3 Å². The first kappa shape index (κ1) is 20.5. The van der Waals surface area contributed by atoms with E-state index in [1.54, 1.807) is 18.2 Å². The molecule has 154 valence electrons. The fraction of sp³-hybridized carbons (Fsp3) is 0.136. The molecule has 0 saturated carbocycles. The Bertz CT molecular complexity index is 1220. The topological polar surface area (TPSA) is 44.9 Å². The first-order chi connectivity index (χ1) is 14.4. The Morgan fingerprint density at radius 1 is 1.03 bits per heavy atom. The molecule has 0 fully saturated rings. The molecule has 0 aliphatic carbocycles. The van der Waals surface area contributed by atoms with E-state index in [4.69, 9.17) is 11.6 Å². The number of H-pyrrole nitrogens is 1. The Kier molecular flexibility index (Phi) is 5.83. The number of carbonyl (C=O) groups is 1. The monoisotopic (exact) mass is 448 g/mol. The number of nitrogens with one attached hydrogen (secondary N) is 2. The molecule has 2 aromatic carbocycles. The van der Waals surface area contributed by atoms with Gasteiger partial charge in [-0.05, 0) is 60.0 Å². The van der Waals surface area contributed by atoms with Gasteiger partial charge in [-0.2, -0.15) is 0 Å². The molecular weight excluding hydrogens is 433 g/mol. The molecule has 0 aliphatic heterocycles. The van der Waals surface area contributed by atoms with Crippen LogP contribution in [0.5, 0.6) is 0 Å². The Morgan fingerprint density at radius 2 is 1.80 bits per heavy atom. The summed E-state index contributed by atoms with van der Waals surface area (Å²) in [5.74, 6) is -2.03. The predicted molar refractivity (Wildman–Crippen MR) is 113 cm³/mol. The summed E-state index contributed by atoms with van der Waals surface area (Å²) in [5, 5.41) is 3.18. The fourth-order valence-electron chi connectivity index (χ4n) is 3.36. The quantitative estimate of drug-likeness (QED) is 0.361. The van der Waals surface area contributed by atoms with Crippen molar-refractivity contribution in [2.24, 2.45) is 0 Å². The van der Waals surface area contributed by atoms with Crippen LogP contribution in [0.1, 0.15) is 16.9 Å². The molecule has 4 aromatic rings. The van der Waals surface area contributed by atoms with Gasteiger partial charge >= 0.3 is 0 Å². The average molecular weight is 449 g/mol. The molecule has 3 nitrogen and oxygen atoms in total. The molecular formula is C22H16ClF3N2OS. The highest BCUT2D eigenvalue weighted by Gasteiger charge is 2.18. The van der Waals surface area contributed by atoms with Crippen molar-refractivity contribution in [3.63, 3.8) is 0 Å². The van der Waals surface area contributed by atoms with Gasteiger partial charge in [0.2, 0.25) is 5.91 Å². The Hall–Kier alpha value is -2.77. The lowest BCUT2D eigenvalue weighted by molar-refractivity contribution is -0.121. The lowest BCUT2D eigenvalue weighted by atomic mass is 10.0. The van der Waals surface area contributed by atoms with Gasteiger partial charge in [0.15, 0.2) is 0 Å². The van der Waals surface area contributed by atoms with Crippen LogP contribution in [0.3, 0.4) is 0 Å². The third kappa shape index (κ3) is 4.37. The van der Waals surface area contributed by atoms with Gasteiger partial charge in [-0.1, -0.05) is 11.6 Å². The lowest BCUT2D eigenvalue weighted by Crippen LogP contribution is -2.22. The molecule has 30 heavy (non-hydrogen) atoms. The molecule has 2 heterocycles. The van der Waals surface area contributed by atoms with Gasteiger partial charge in [-0.3, -0.25) is 4.79 Å². The van der Waals surface area contributed by atoms with Crippen LogP contribution in [0.4, 0.5) is 13.2 Å². The van der Waals surface area contributed by atoms with Gasteiger partial charge < -0.3 is 10.3 Å². The van der Waals surface area contributed by atoms with Gasteiger partial charge in [0.05, 0.1) is 16.4 Å². The maximum Gasteiger partial charge on any atom is 0.220 e. The molecule has 0 spiro atoms. The summed E-state index contributed by atoms with van der Waals surface area (Å²) in [6.45, 7) is 0.359. The van der Waals surface area contributed by atoms with Crippen molar-refractivity contribution < 1.29 is 18.0 Å². The van der Waals surface area contributed by atoms with Gasteiger partial charge in [0.25, 0.3) is 0 Å². The number of aromatic amines is 1. The van der Waals surface area contributed by atoms with Crippen LogP contribution >= 0.6 is 22.9 Å². The van der Waals surface area contributed by atoms with Crippen molar-refractivity contribution in [3.8, 4) is 11.3 Å². The van der Waals surface area contributed by atoms with Gasteiger partial charge in [-0.25, -0.2) is 13.2 Å². The zero-order valence-corrected chi connectivity index (χ0v) is 17.1. The normalized spacial score (nSPS) is 11.2. The van der Waals surface area contributed by atoms with Crippen LogP contribution in [0, 0.1) is 17.5 Å². The smallest absolute Gasteiger partial charge is 0.220 e. The Morgan fingerprint density at radius 3 is 2.50 bits per heavy atom. The summed E-state index contributed by atoms with van der Waals surface area (Å²) in [4.78, 5) is 16.2. The molecule has 0 saturated heterocycles. The molecule has 0 unspecified atom stereocenters. The summed E-state index contributed by atoms with van der Waals surface area (Å²) in [6, 6.07) is 11.3. The number of rotatable bonds is 6. The molecule has 2 N–H and O–H groups in total. The number of benzene rings is 2. The van der Waals surface area contributed by atoms with E-state index in [0.717, 1.165) is 10.9 Å². The minimum absolute atomic E-state index is 0.123. The number of carbonyl (C=O) groups excluding carboxylic acids is 1. The maximum atomic E-state index is 14.3. The first-order valence-electron chi connectivity index (χ1n) is 9.17. The lowest BCUT2D eigenvalue weighted by Gasteiger charge is -2.07. The molecule has 0 radical (unpaired) electrons. The van der Waals surface area contributed by atoms with Crippen molar-refractivity contribution in [2.45, 2.75) is 19.4 Å². The van der Waals surface area contributed by atoms with Gasteiger partial charge in [-0.15, -0.1) is 11.3 Å². The van der Waals surface area contributed by atoms with E-state index in [9.17, 15) is 18.0 Å². The van der Waals surface area contributed by atoms with Crippen molar-refractivity contribution in [3.05, 3.63) is 80.8 Å². The number of fused-ring (bicyclic) bond motifs is 1. The highest BCUT2D eigenvalue weighted by atomic mass is 35.5. The Labute approximate surface area is 179 Å². The van der Waals surface area contributed by atoms with Crippen LogP contribution in [0.25, 0.3) is 22.2 Å². The minimum atomic E-state index is -0.723. The van der Waals surface area contributed by atoms with Crippen molar-refractivity contribution >= 4 is 39.7 Å². The highest BCUT2D eigenvalue weighted by Crippen LogP contribution is 2.33. The van der Waals surface area contributed by atoms with Crippen LogP contribution in [-0.4, -0.2) is 10.9 Å². The van der Waals surface area contributed by atoms with E-state index < -0.39 is 17.5 Å². The number of thiophene rings is 1. The summed E-state index contributed by atoms with van der Waals surface area (Å²) in [5.41, 5.74) is 1.91. The maximum absolute atomic E-state index is 14.3. The standard InChI is InChI=1S/C22H16ClF3N2OS/c23-19-7-5-15(30-19)11-27-20(29)8-6-16-17-9-14(25)10-18(26)22(17)28-21(16)12-1-3-13(24)4-2-12/h1-5,7,9-10,28H,6,8,11H2,(H,27,29). The van der Waals surface area contributed by atoms with Gasteiger partial charge in [0.1, 0.15) is 17.5 Å². The molecule has 0 aliphatic rings. The molecule has 0 bridgehead atoms. The molecule has 1 amide bonds. The van der Waals surface area contributed by atoms with Crippen LogP contribution < -0.4 is 5.32 Å². The summed E-state index contributed by atoms with van der Waals surface area (Å²) >= 11 is 7.27. The number of hydrogen-bond acceptors (Lipinski definition) is 2. The van der Waals surface area contributed by atoms with E-state index >= 15 is 0 Å². The SMILES string of the molecule is O=C(CCc1c(-c2ccc(F)cc2)[nH]c2c(F)cc(F)cc12)NCc1ccc(Cl)s1. The van der Waals surface area contributed by atoms with Crippen molar-refractivity contribution in [2.75, 3.05) is 0 Å². The predicted octanol–water partition coefficient (Wildman–Crippen LogP) is 6.22. The van der Waals surface area contributed by atoms with E-state index in [1.807, 2.05) is 6.07 Å². The van der Waals surface area contributed by atoms with Crippen LogP contribution in [0.2, 0.25) is 4.34 Å². The molecule has 4 rings (SSSR count). The second kappa shape index (κ2) is 8.53. The average Bonchev–Trinajstić information content (AvgIpc) is 3.29. The molecule has 8 heteroatoms. The minimum Gasteiger partial charge on any atom is -0.352 e. The van der Waals surface area contributed by atoms with E-state index in [1.165, 1.54) is 29.5 Å². The number of hydrogen-bond donors (Lipinski definition) is 2. The first-order valence-corrected chi connectivity index (χ1v) is 10.4. The van der Waals surface area contributed by atoms with Crippen LogP contribution in [-0.2, 0) is 17.8 Å². The third-order valence-corrected chi connectivity index (χ3v) is 5.99. The zero-order chi connectivity index (χ0) is 21.3. The summed E-state index contributed by atoms with van der Waals surface area (Å²) < 4.78 is 42.1. The second-order valence-electron chi connectivity index (χ2n) is 6.78.